The summed E-state index contributed by atoms with van der Waals surface area (Å²) in [6, 6.07) is 26.6. The van der Waals surface area contributed by atoms with Gasteiger partial charge in [-0.3, -0.25) is 0 Å². The van der Waals surface area contributed by atoms with Crippen molar-refractivity contribution in [2.45, 2.75) is 31.5 Å². The molecule has 3 fully saturated rings. The number of rotatable bonds is 5. The molecule has 0 spiro atoms. The van der Waals surface area contributed by atoms with Crippen LogP contribution in [-0.2, 0) is 4.74 Å². The van der Waals surface area contributed by atoms with Gasteiger partial charge in [-0.05, 0) is 71.9 Å². The summed E-state index contributed by atoms with van der Waals surface area (Å²) < 4.78 is 15.7. The Labute approximate surface area is 178 Å². The van der Waals surface area contributed by atoms with E-state index in [0.717, 1.165) is 22.6 Å². The van der Waals surface area contributed by atoms with Crippen LogP contribution in [0.3, 0.4) is 0 Å². The van der Waals surface area contributed by atoms with Crippen LogP contribution in [0, 0.1) is 0 Å². The summed E-state index contributed by atoms with van der Waals surface area (Å²) >= 11 is 0. The molecule has 3 heteroatoms. The van der Waals surface area contributed by atoms with Gasteiger partial charge >= 0.3 is 0 Å². The molecular formula is C27H28O3. The Bertz CT molecular complexity index is 940. The minimum atomic E-state index is 0.690. The van der Waals surface area contributed by atoms with E-state index in [2.05, 4.69) is 54.6 Å². The van der Waals surface area contributed by atoms with Crippen LogP contribution in [0.5, 0.6) is 11.5 Å². The molecule has 0 amide bonds. The SMILES string of the molecule is C1CC2CC1O2.COc1ccc(C=C(c2ccccc2)c2ccc(OC)cc2)cc1. The van der Waals surface area contributed by atoms with Gasteiger partial charge in [0.15, 0.2) is 0 Å². The van der Waals surface area contributed by atoms with Crippen LogP contribution >= 0.6 is 0 Å². The fourth-order valence-corrected chi connectivity index (χ4v) is 3.89. The molecule has 3 aliphatic rings. The zero-order chi connectivity index (χ0) is 20.8. The zero-order valence-corrected chi connectivity index (χ0v) is 17.6. The highest BCUT2D eigenvalue weighted by atomic mass is 16.5. The van der Waals surface area contributed by atoms with Crippen molar-refractivity contribution >= 4 is 11.6 Å². The molecule has 3 aromatic rings. The lowest BCUT2D eigenvalue weighted by atomic mass is 9.95. The van der Waals surface area contributed by atoms with E-state index in [9.17, 15) is 0 Å². The van der Waals surface area contributed by atoms with Crippen molar-refractivity contribution in [3.63, 3.8) is 0 Å². The van der Waals surface area contributed by atoms with Crippen molar-refractivity contribution in [1.82, 2.24) is 0 Å². The van der Waals surface area contributed by atoms with Crippen LogP contribution in [0.2, 0.25) is 0 Å². The van der Waals surface area contributed by atoms with E-state index in [4.69, 9.17) is 14.2 Å². The second-order valence-corrected chi connectivity index (χ2v) is 7.62. The van der Waals surface area contributed by atoms with Gasteiger partial charge in [0.05, 0.1) is 26.4 Å². The highest BCUT2D eigenvalue weighted by Crippen LogP contribution is 2.36. The summed E-state index contributed by atoms with van der Waals surface area (Å²) in [5.74, 6) is 1.72. The van der Waals surface area contributed by atoms with E-state index in [1.807, 2.05) is 30.3 Å². The molecule has 3 aromatic carbocycles. The Morgan fingerprint density at radius 2 is 1.23 bits per heavy atom. The van der Waals surface area contributed by atoms with Gasteiger partial charge in [0.25, 0.3) is 0 Å². The van der Waals surface area contributed by atoms with Crippen LogP contribution < -0.4 is 9.47 Å². The van der Waals surface area contributed by atoms with E-state index in [1.54, 1.807) is 14.2 Å². The summed E-state index contributed by atoms with van der Waals surface area (Å²) in [4.78, 5) is 0. The van der Waals surface area contributed by atoms with Crippen molar-refractivity contribution in [3.05, 3.63) is 95.6 Å². The van der Waals surface area contributed by atoms with Gasteiger partial charge in [-0.1, -0.05) is 54.6 Å². The zero-order valence-electron chi connectivity index (χ0n) is 17.6. The lowest BCUT2D eigenvalue weighted by Gasteiger charge is -2.23. The summed E-state index contributed by atoms with van der Waals surface area (Å²) in [7, 11) is 3.36. The van der Waals surface area contributed by atoms with E-state index >= 15 is 0 Å². The number of ether oxygens (including phenoxy) is 3. The number of hydrogen-bond acceptors (Lipinski definition) is 3. The fourth-order valence-electron chi connectivity index (χ4n) is 3.89. The van der Waals surface area contributed by atoms with Gasteiger partial charge < -0.3 is 14.2 Å². The first-order valence-corrected chi connectivity index (χ1v) is 10.5. The summed E-state index contributed by atoms with van der Waals surface area (Å²) in [6.45, 7) is 0. The lowest BCUT2D eigenvalue weighted by Crippen LogP contribution is -2.25. The number of benzene rings is 3. The normalized spacial score (nSPS) is 19.3. The molecule has 2 heterocycles. The first-order chi connectivity index (χ1) is 14.7. The molecule has 2 aliphatic heterocycles. The van der Waals surface area contributed by atoms with Crippen molar-refractivity contribution in [1.29, 1.82) is 0 Å². The molecule has 1 aliphatic carbocycles. The van der Waals surface area contributed by atoms with Crippen molar-refractivity contribution in [2.75, 3.05) is 14.2 Å². The van der Waals surface area contributed by atoms with Crippen LogP contribution in [0.25, 0.3) is 11.6 Å². The summed E-state index contributed by atoms with van der Waals surface area (Å²) in [5, 5.41) is 0. The standard InChI is InChI=1S/C22H20O2.C5H8O/c1-23-20-12-8-17(9-13-20)16-22(18-6-4-3-5-7-18)19-10-14-21(24-2)15-11-19;1-2-5-3-4(1)6-5/h3-16H,1-2H3;4-5H,1-3H2. The van der Waals surface area contributed by atoms with Gasteiger partial charge in [-0.25, -0.2) is 0 Å². The smallest absolute Gasteiger partial charge is 0.118 e. The Morgan fingerprint density at radius 1 is 0.733 bits per heavy atom. The average Bonchev–Trinajstić information content (AvgIpc) is 3.46. The predicted octanol–water partition coefficient (Wildman–Crippen LogP) is 6.23. The second kappa shape index (κ2) is 9.64. The van der Waals surface area contributed by atoms with Crippen molar-refractivity contribution in [3.8, 4) is 11.5 Å². The van der Waals surface area contributed by atoms with Gasteiger partial charge in [-0.2, -0.15) is 0 Å². The molecule has 0 N–H and O–H groups in total. The Kier molecular flexibility index (Phi) is 6.50. The maximum absolute atomic E-state index is 5.27. The van der Waals surface area contributed by atoms with Crippen molar-refractivity contribution < 1.29 is 14.2 Å². The summed E-state index contributed by atoms with van der Waals surface area (Å²) in [6.07, 6.45) is 7.61. The molecule has 154 valence electrons. The third-order valence-electron chi connectivity index (χ3n) is 5.63. The summed E-state index contributed by atoms with van der Waals surface area (Å²) in [5.41, 5.74) is 4.63. The van der Waals surface area contributed by atoms with Crippen LogP contribution in [0.1, 0.15) is 36.0 Å². The first kappa shape index (κ1) is 20.2. The minimum Gasteiger partial charge on any atom is -0.497 e. The highest BCUT2D eigenvalue weighted by Gasteiger charge is 2.36. The number of hydrogen-bond donors (Lipinski definition) is 0. The van der Waals surface area contributed by atoms with Gasteiger partial charge in [0, 0.05) is 0 Å². The molecule has 2 bridgehead atoms. The topological polar surface area (TPSA) is 27.7 Å². The molecule has 6 rings (SSSR count). The van der Waals surface area contributed by atoms with Gasteiger partial charge in [-0.15, -0.1) is 0 Å². The Morgan fingerprint density at radius 3 is 1.70 bits per heavy atom. The quantitative estimate of drug-likeness (QED) is 0.475. The molecule has 2 atom stereocenters. The van der Waals surface area contributed by atoms with Crippen LogP contribution in [0.4, 0.5) is 0 Å². The lowest BCUT2D eigenvalue weighted by molar-refractivity contribution is -0.0647. The van der Waals surface area contributed by atoms with E-state index in [0.29, 0.717) is 12.2 Å². The monoisotopic (exact) mass is 400 g/mol. The molecule has 0 aromatic heterocycles. The predicted molar refractivity (Wildman–Crippen MR) is 122 cm³/mol. The van der Waals surface area contributed by atoms with Crippen molar-refractivity contribution in [2.24, 2.45) is 0 Å². The Hall–Kier alpha value is -3.04. The van der Waals surface area contributed by atoms with E-state index in [-0.39, 0.29) is 0 Å². The van der Waals surface area contributed by atoms with Crippen LogP contribution in [-0.4, -0.2) is 26.4 Å². The Balaban J connectivity index is 0.000000305. The average molecular weight is 401 g/mol. The van der Waals surface area contributed by atoms with E-state index in [1.165, 1.54) is 30.4 Å². The van der Waals surface area contributed by atoms with E-state index < -0.39 is 0 Å². The molecule has 2 saturated heterocycles. The van der Waals surface area contributed by atoms with Gasteiger partial charge in [0.2, 0.25) is 0 Å². The largest absolute Gasteiger partial charge is 0.497 e. The van der Waals surface area contributed by atoms with Crippen LogP contribution in [0.15, 0.2) is 78.9 Å². The number of fused-ring (bicyclic) bond motifs is 1. The molecule has 30 heavy (non-hydrogen) atoms. The number of methoxy groups -OCH3 is 2. The maximum atomic E-state index is 5.27. The first-order valence-electron chi connectivity index (χ1n) is 10.5. The molecule has 0 radical (unpaired) electrons. The molecule has 2 unspecified atom stereocenters. The maximum Gasteiger partial charge on any atom is 0.118 e. The third-order valence-corrected chi connectivity index (χ3v) is 5.63. The molecule has 1 saturated carbocycles. The fraction of sp³-hybridized carbons (Fsp3) is 0.259. The second-order valence-electron chi connectivity index (χ2n) is 7.62. The third kappa shape index (κ3) is 4.92. The molecular weight excluding hydrogens is 372 g/mol. The van der Waals surface area contributed by atoms with Gasteiger partial charge in [0.1, 0.15) is 11.5 Å². The highest BCUT2D eigenvalue weighted by molar-refractivity contribution is 5.91. The molecule has 3 nitrogen and oxygen atoms in total. The minimum absolute atomic E-state index is 0.690.